The van der Waals surface area contributed by atoms with Crippen molar-refractivity contribution in [3.05, 3.63) is 11.1 Å². The van der Waals surface area contributed by atoms with E-state index in [2.05, 4.69) is 9.88 Å². The zero-order valence-electron chi connectivity index (χ0n) is 7.91. The first-order valence-electron chi connectivity index (χ1n) is 4.73. The van der Waals surface area contributed by atoms with Crippen LogP contribution in [-0.2, 0) is 10.6 Å². The minimum absolute atomic E-state index is 0.558. The summed E-state index contributed by atoms with van der Waals surface area (Å²) in [7, 11) is 0. The first-order chi connectivity index (χ1) is 6.90. The Morgan fingerprint density at radius 3 is 3.21 bits per heavy atom. The average Bonchev–Trinajstić information content (AvgIpc) is 2.53. The summed E-state index contributed by atoms with van der Waals surface area (Å²) in [4.78, 5) is 7.76. The second-order valence-corrected chi connectivity index (χ2v) is 4.56. The van der Waals surface area contributed by atoms with E-state index in [0.717, 1.165) is 42.7 Å². The van der Waals surface area contributed by atoms with Crippen LogP contribution in [0.1, 0.15) is 11.3 Å². The molecular formula is C9H13ClN2OS. The molecule has 0 unspecified atom stereocenters. The third-order valence-corrected chi connectivity index (χ3v) is 3.67. The van der Waals surface area contributed by atoms with E-state index in [4.69, 9.17) is 16.3 Å². The molecule has 78 valence electrons. The molecule has 1 aromatic rings. The number of anilines is 1. The maximum Gasteiger partial charge on any atom is 0.185 e. The highest BCUT2D eigenvalue weighted by Crippen LogP contribution is 2.24. The van der Waals surface area contributed by atoms with Crippen LogP contribution in [0.4, 0.5) is 5.13 Å². The minimum Gasteiger partial charge on any atom is -0.380 e. The predicted octanol–water partition coefficient (Wildman–Crippen LogP) is 2.11. The molecule has 5 heteroatoms. The zero-order valence-corrected chi connectivity index (χ0v) is 9.48. The monoisotopic (exact) mass is 232 g/mol. The number of rotatable bonds is 2. The van der Waals surface area contributed by atoms with Crippen LogP contribution in [0.2, 0.25) is 0 Å². The van der Waals surface area contributed by atoms with Crippen LogP contribution in [0.15, 0.2) is 6.20 Å². The molecule has 0 aromatic carbocycles. The quantitative estimate of drug-likeness (QED) is 0.731. The van der Waals surface area contributed by atoms with Crippen LogP contribution < -0.4 is 4.90 Å². The van der Waals surface area contributed by atoms with Gasteiger partial charge in [0.15, 0.2) is 5.13 Å². The van der Waals surface area contributed by atoms with Crippen molar-refractivity contribution < 1.29 is 4.74 Å². The van der Waals surface area contributed by atoms with Gasteiger partial charge in [-0.25, -0.2) is 4.98 Å². The van der Waals surface area contributed by atoms with Crippen LogP contribution >= 0.6 is 22.9 Å². The van der Waals surface area contributed by atoms with Gasteiger partial charge in [-0.3, -0.25) is 0 Å². The van der Waals surface area contributed by atoms with Crippen LogP contribution in [-0.4, -0.2) is 31.3 Å². The van der Waals surface area contributed by atoms with Crippen molar-refractivity contribution >= 4 is 28.1 Å². The fourth-order valence-corrected chi connectivity index (χ4v) is 2.49. The number of nitrogens with zero attached hydrogens (tertiary/aromatic N) is 2. The molecular weight excluding hydrogens is 220 g/mol. The van der Waals surface area contributed by atoms with Crippen LogP contribution in [0.25, 0.3) is 0 Å². The number of thiazole rings is 1. The lowest BCUT2D eigenvalue weighted by molar-refractivity contribution is 0.152. The molecule has 0 aliphatic carbocycles. The Labute approximate surface area is 92.7 Å². The van der Waals surface area contributed by atoms with Crippen molar-refractivity contribution in [1.29, 1.82) is 0 Å². The van der Waals surface area contributed by atoms with E-state index in [1.165, 1.54) is 0 Å². The molecule has 1 fully saturated rings. The molecule has 0 atom stereocenters. The molecule has 0 amide bonds. The molecule has 0 N–H and O–H groups in total. The van der Waals surface area contributed by atoms with Crippen molar-refractivity contribution in [2.24, 2.45) is 0 Å². The second kappa shape index (κ2) is 4.96. The van der Waals surface area contributed by atoms with Gasteiger partial charge in [-0.05, 0) is 6.42 Å². The van der Waals surface area contributed by atoms with Gasteiger partial charge in [0, 0.05) is 30.8 Å². The van der Waals surface area contributed by atoms with Crippen molar-refractivity contribution in [1.82, 2.24) is 4.98 Å². The fourth-order valence-electron chi connectivity index (χ4n) is 1.44. The first-order valence-corrected chi connectivity index (χ1v) is 6.08. The van der Waals surface area contributed by atoms with Gasteiger partial charge in [0.2, 0.25) is 0 Å². The summed E-state index contributed by atoms with van der Waals surface area (Å²) in [6.07, 6.45) is 2.94. The third-order valence-electron chi connectivity index (χ3n) is 2.17. The number of hydrogen-bond acceptors (Lipinski definition) is 4. The second-order valence-electron chi connectivity index (χ2n) is 3.20. The van der Waals surface area contributed by atoms with Crippen molar-refractivity contribution in [3.63, 3.8) is 0 Å². The molecule has 3 nitrogen and oxygen atoms in total. The third kappa shape index (κ3) is 2.38. The van der Waals surface area contributed by atoms with Gasteiger partial charge < -0.3 is 9.64 Å². The first kappa shape index (κ1) is 10.2. The molecule has 2 heterocycles. The van der Waals surface area contributed by atoms with Crippen molar-refractivity contribution in [3.8, 4) is 0 Å². The maximum absolute atomic E-state index is 5.74. The lowest BCUT2D eigenvalue weighted by atomic mass is 10.4. The lowest BCUT2D eigenvalue weighted by Crippen LogP contribution is -2.25. The molecule has 14 heavy (non-hydrogen) atoms. The summed E-state index contributed by atoms with van der Waals surface area (Å²) in [6, 6.07) is 0. The average molecular weight is 233 g/mol. The Morgan fingerprint density at radius 1 is 1.50 bits per heavy atom. The highest BCUT2D eigenvalue weighted by atomic mass is 35.5. The van der Waals surface area contributed by atoms with E-state index in [-0.39, 0.29) is 0 Å². The molecule has 0 bridgehead atoms. The van der Waals surface area contributed by atoms with Crippen LogP contribution in [0.3, 0.4) is 0 Å². The summed E-state index contributed by atoms with van der Waals surface area (Å²) in [5.74, 6) is 0.558. The molecule has 2 rings (SSSR count). The van der Waals surface area contributed by atoms with E-state index in [0.29, 0.717) is 5.88 Å². The smallest absolute Gasteiger partial charge is 0.185 e. The number of halogens is 1. The predicted molar refractivity (Wildman–Crippen MR) is 59.3 cm³/mol. The standard InChI is InChI=1S/C9H13ClN2OS/c10-6-8-7-11-9(14-8)12-2-1-4-13-5-3-12/h7H,1-6H2. The summed E-state index contributed by atoms with van der Waals surface area (Å²) < 4.78 is 5.39. The number of alkyl halides is 1. The van der Waals surface area contributed by atoms with Gasteiger partial charge in [-0.2, -0.15) is 0 Å². The topological polar surface area (TPSA) is 25.4 Å². The van der Waals surface area contributed by atoms with Crippen LogP contribution in [0.5, 0.6) is 0 Å². The Hall–Kier alpha value is -0.320. The molecule has 1 aliphatic heterocycles. The van der Waals surface area contributed by atoms with E-state index < -0.39 is 0 Å². The van der Waals surface area contributed by atoms with E-state index in [1.54, 1.807) is 11.3 Å². The van der Waals surface area contributed by atoms with Crippen molar-refractivity contribution in [2.75, 3.05) is 31.2 Å². The largest absolute Gasteiger partial charge is 0.380 e. The van der Waals surface area contributed by atoms with Gasteiger partial charge in [-0.1, -0.05) is 0 Å². The Kier molecular flexibility index (Phi) is 3.61. The van der Waals surface area contributed by atoms with Gasteiger partial charge in [0.25, 0.3) is 0 Å². The number of hydrogen-bond donors (Lipinski definition) is 0. The molecule has 1 saturated heterocycles. The fraction of sp³-hybridized carbons (Fsp3) is 0.667. The highest BCUT2D eigenvalue weighted by Gasteiger charge is 2.13. The molecule has 0 saturated carbocycles. The van der Waals surface area contributed by atoms with Gasteiger partial charge >= 0.3 is 0 Å². The van der Waals surface area contributed by atoms with E-state index in [9.17, 15) is 0 Å². The lowest BCUT2D eigenvalue weighted by Gasteiger charge is -2.17. The number of ether oxygens (including phenoxy) is 1. The van der Waals surface area contributed by atoms with Gasteiger partial charge in [0.05, 0.1) is 12.5 Å². The molecule has 1 aliphatic rings. The molecule has 1 aromatic heterocycles. The van der Waals surface area contributed by atoms with Gasteiger partial charge in [0.1, 0.15) is 0 Å². The molecule has 0 spiro atoms. The SMILES string of the molecule is ClCc1cnc(N2CCCOCC2)s1. The number of aromatic nitrogens is 1. The van der Waals surface area contributed by atoms with Crippen LogP contribution in [0, 0.1) is 0 Å². The van der Waals surface area contributed by atoms with Crippen molar-refractivity contribution in [2.45, 2.75) is 12.3 Å². The Balaban J connectivity index is 2.04. The normalized spacial score (nSPS) is 18.2. The summed E-state index contributed by atoms with van der Waals surface area (Å²) in [5, 5.41) is 1.08. The summed E-state index contributed by atoms with van der Waals surface area (Å²) in [6.45, 7) is 3.64. The summed E-state index contributed by atoms with van der Waals surface area (Å²) in [5.41, 5.74) is 0. The van der Waals surface area contributed by atoms with E-state index in [1.807, 2.05) is 6.20 Å². The zero-order chi connectivity index (χ0) is 9.80. The van der Waals surface area contributed by atoms with E-state index >= 15 is 0 Å². The molecule has 0 radical (unpaired) electrons. The highest BCUT2D eigenvalue weighted by molar-refractivity contribution is 7.15. The van der Waals surface area contributed by atoms with Gasteiger partial charge in [-0.15, -0.1) is 22.9 Å². The Bertz CT molecular complexity index is 284. The minimum atomic E-state index is 0.558. The maximum atomic E-state index is 5.74. The summed E-state index contributed by atoms with van der Waals surface area (Å²) >= 11 is 7.41. The Morgan fingerprint density at radius 2 is 2.43 bits per heavy atom.